The molecule has 25 heavy (non-hydrogen) atoms. The number of hydrogen-bond donors (Lipinski definition) is 0. The van der Waals surface area contributed by atoms with Gasteiger partial charge in [0.2, 0.25) is 5.91 Å². The zero-order valence-electron chi connectivity index (χ0n) is 15.2. The van der Waals surface area contributed by atoms with E-state index >= 15 is 0 Å². The molecule has 2 aromatic rings. The Balaban J connectivity index is 2.15. The molecule has 0 aliphatic rings. The summed E-state index contributed by atoms with van der Waals surface area (Å²) in [4.78, 5) is 28.3. The van der Waals surface area contributed by atoms with Crippen LogP contribution in [0.2, 0.25) is 0 Å². The molecule has 2 amide bonds. The largest absolute Gasteiger partial charge is 0.342 e. The predicted octanol–water partition coefficient (Wildman–Crippen LogP) is 3.22. The summed E-state index contributed by atoms with van der Waals surface area (Å²) in [7, 11) is 1.68. The third kappa shape index (κ3) is 4.92. The van der Waals surface area contributed by atoms with Gasteiger partial charge in [-0.05, 0) is 37.5 Å². The zero-order valence-corrected chi connectivity index (χ0v) is 15.2. The maximum atomic E-state index is 12.8. The molecule has 132 valence electrons. The number of nitrogens with zero attached hydrogens (tertiary/aromatic N) is 2. The molecule has 0 N–H and O–H groups in total. The van der Waals surface area contributed by atoms with Crippen molar-refractivity contribution in [2.45, 2.75) is 20.3 Å². The van der Waals surface area contributed by atoms with E-state index in [4.69, 9.17) is 0 Å². The Kier molecular flexibility index (Phi) is 6.75. The van der Waals surface area contributed by atoms with E-state index in [0.29, 0.717) is 25.1 Å². The van der Waals surface area contributed by atoms with Crippen molar-refractivity contribution in [2.75, 3.05) is 26.7 Å². The fraction of sp³-hybridized carbons (Fsp3) is 0.333. The highest BCUT2D eigenvalue weighted by Crippen LogP contribution is 2.16. The summed E-state index contributed by atoms with van der Waals surface area (Å²) >= 11 is 0. The predicted molar refractivity (Wildman–Crippen MR) is 101 cm³/mol. The summed E-state index contributed by atoms with van der Waals surface area (Å²) in [6.45, 7) is 5.29. The van der Waals surface area contributed by atoms with Gasteiger partial charge in [-0.1, -0.05) is 48.5 Å². The lowest BCUT2D eigenvalue weighted by atomic mass is 9.99. The standard InChI is InChI=1S/C21H26N2O2/c1-4-23(5-2)20(24)16-22(3)21(25)19-14-10-9-13-18(19)15-17-11-7-6-8-12-17/h6-14H,4-5,15-16H2,1-3H3. The number of carbonyl (C=O) groups is 2. The van der Waals surface area contributed by atoms with Crippen molar-refractivity contribution in [3.8, 4) is 0 Å². The molecule has 0 saturated heterocycles. The van der Waals surface area contributed by atoms with E-state index in [-0.39, 0.29) is 18.4 Å². The molecule has 0 unspecified atom stereocenters. The molecule has 4 nitrogen and oxygen atoms in total. The van der Waals surface area contributed by atoms with Crippen molar-refractivity contribution in [2.24, 2.45) is 0 Å². The monoisotopic (exact) mass is 338 g/mol. The smallest absolute Gasteiger partial charge is 0.254 e. The first-order valence-electron chi connectivity index (χ1n) is 8.71. The van der Waals surface area contributed by atoms with Gasteiger partial charge in [0.05, 0.1) is 6.54 Å². The average Bonchev–Trinajstić information content (AvgIpc) is 2.63. The molecule has 0 fully saturated rings. The number of rotatable bonds is 7. The van der Waals surface area contributed by atoms with Gasteiger partial charge in [0.1, 0.15) is 0 Å². The number of amides is 2. The molecule has 0 spiro atoms. The third-order valence-electron chi connectivity index (χ3n) is 4.32. The van der Waals surface area contributed by atoms with Crippen LogP contribution in [-0.4, -0.2) is 48.3 Å². The van der Waals surface area contributed by atoms with Crippen LogP contribution < -0.4 is 0 Å². The van der Waals surface area contributed by atoms with E-state index in [1.165, 1.54) is 4.90 Å². The third-order valence-corrected chi connectivity index (χ3v) is 4.32. The minimum atomic E-state index is -0.118. The zero-order chi connectivity index (χ0) is 18.2. The van der Waals surface area contributed by atoms with Crippen LogP contribution >= 0.6 is 0 Å². The lowest BCUT2D eigenvalue weighted by Gasteiger charge is -2.24. The van der Waals surface area contributed by atoms with Gasteiger partial charge in [-0.25, -0.2) is 0 Å². The number of likely N-dealkylation sites (N-methyl/N-ethyl adjacent to an activating group) is 2. The molecule has 2 aromatic carbocycles. The topological polar surface area (TPSA) is 40.6 Å². The van der Waals surface area contributed by atoms with Gasteiger partial charge in [0.15, 0.2) is 0 Å². The van der Waals surface area contributed by atoms with Crippen molar-refractivity contribution in [3.63, 3.8) is 0 Å². The Hall–Kier alpha value is -2.62. The lowest BCUT2D eigenvalue weighted by Crippen LogP contribution is -2.41. The minimum absolute atomic E-state index is 0.0265. The Morgan fingerprint density at radius 3 is 2.12 bits per heavy atom. The van der Waals surface area contributed by atoms with Gasteiger partial charge in [-0.3, -0.25) is 9.59 Å². The molecule has 0 aliphatic heterocycles. The van der Waals surface area contributed by atoms with Crippen molar-refractivity contribution < 1.29 is 9.59 Å². The van der Waals surface area contributed by atoms with Crippen molar-refractivity contribution >= 4 is 11.8 Å². The molecule has 0 heterocycles. The minimum Gasteiger partial charge on any atom is -0.342 e. The summed E-state index contributed by atoms with van der Waals surface area (Å²) in [6, 6.07) is 17.7. The van der Waals surface area contributed by atoms with E-state index in [2.05, 4.69) is 12.1 Å². The molecule has 0 aromatic heterocycles. The number of hydrogen-bond acceptors (Lipinski definition) is 2. The molecule has 4 heteroatoms. The second kappa shape index (κ2) is 9.02. The average molecular weight is 338 g/mol. The summed E-state index contributed by atoms with van der Waals surface area (Å²) < 4.78 is 0. The van der Waals surface area contributed by atoms with Crippen LogP contribution in [0.1, 0.15) is 35.3 Å². The Morgan fingerprint density at radius 2 is 1.48 bits per heavy atom. The second-order valence-corrected chi connectivity index (χ2v) is 6.05. The summed E-state index contributed by atoms with van der Waals surface area (Å²) in [6.07, 6.45) is 0.695. The molecule has 2 rings (SSSR count). The van der Waals surface area contributed by atoms with Gasteiger partial charge in [0.25, 0.3) is 5.91 Å². The first-order valence-corrected chi connectivity index (χ1v) is 8.71. The van der Waals surface area contributed by atoms with Crippen LogP contribution in [0.25, 0.3) is 0 Å². The fourth-order valence-electron chi connectivity index (χ4n) is 2.86. The van der Waals surface area contributed by atoms with E-state index in [1.54, 1.807) is 11.9 Å². The molecular weight excluding hydrogens is 312 g/mol. The van der Waals surface area contributed by atoms with E-state index in [0.717, 1.165) is 11.1 Å². The van der Waals surface area contributed by atoms with Crippen LogP contribution in [-0.2, 0) is 11.2 Å². The maximum absolute atomic E-state index is 12.8. The molecule has 0 aliphatic carbocycles. The lowest BCUT2D eigenvalue weighted by molar-refractivity contribution is -0.131. The van der Waals surface area contributed by atoms with Crippen LogP contribution in [0.4, 0.5) is 0 Å². The normalized spacial score (nSPS) is 10.4. The molecule has 0 atom stereocenters. The highest BCUT2D eigenvalue weighted by Gasteiger charge is 2.19. The second-order valence-electron chi connectivity index (χ2n) is 6.05. The molecular formula is C21H26N2O2. The number of benzene rings is 2. The van der Waals surface area contributed by atoms with Gasteiger partial charge < -0.3 is 9.80 Å². The Labute approximate surface area is 150 Å². The van der Waals surface area contributed by atoms with Gasteiger partial charge in [-0.15, -0.1) is 0 Å². The number of carbonyl (C=O) groups excluding carboxylic acids is 2. The highest BCUT2D eigenvalue weighted by atomic mass is 16.2. The van der Waals surface area contributed by atoms with E-state index in [9.17, 15) is 9.59 Å². The maximum Gasteiger partial charge on any atom is 0.254 e. The summed E-state index contributed by atoms with van der Waals surface area (Å²) in [5.41, 5.74) is 2.78. The Bertz CT molecular complexity index is 709. The van der Waals surface area contributed by atoms with E-state index < -0.39 is 0 Å². The van der Waals surface area contributed by atoms with Crippen molar-refractivity contribution in [1.82, 2.24) is 9.80 Å². The van der Waals surface area contributed by atoms with Crippen LogP contribution in [0.5, 0.6) is 0 Å². The van der Waals surface area contributed by atoms with Crippen LogP contribution in [0.3, 0.4) is 0 Å². The van der Waals surface area contributed by atoms with Crippen LogP contribution in [0.15, 0.2) is 54.6 Å². The van der Waals surface area contributed by atoms with Gasteiger partial charge in [-0.2, -0.15) is 0 Å². The quantitative estimate of drug-likeness (QED) is 0.778. The first-order chi connectivity index (χ1) is 12.1. The molecule has 0 radical (unpaired) electrons. The summed E-state index contributed by atoms with van der Waals surface area (Å²) in [5.74, 6) is -0.145. The molecule has 0 bridgehead atoms. The SMILES string of the molecule is CCN(CC)C(=O)CN(C)C(=O)c1ccccc1Cc1ccccc1. The Morgan fingerprint density at radius 1 is 0.880 bits per heavy atom. The highest BCUT2D eigenvalue weighted by molar-refractivity contribution is 5.97. The molecule has 0 saturated carbocycles. The van der Waals surface area contributed by atoms with E-state index in [1.807, 2.05) is 56.3 Å². The van der Waals surface area contributed by atoms with Gasteiger partial charge >= 0.3 is 0 Å². The first kappa shape index (κ1) is 18.7. The van der Waals surface area contributed by atoms with Gasteiger partial charge in [0, 0.05) is 25.7 Å². The van der Waals surface area contributed by atoms with Crippen LogP contribution in [0, 0.1) is 0 Å². The van der Waals surface area contributed by atoms with Crippen molar-refractivity contribution in [1.29, 1.82) is 0 Å². The fourth-order valence-corrected chi connectivity index (χ4v) is 2.86. The van der Waals surface area contributed by atoms with Crippen molar-refractivity contribution in [3.05, 3.63) is 71.3 Å². The summed E-state index contributed by atoms with van der Waals surface area (Å²) in [5, 5.41) is 0.